The zero-order valence-corrected chi connectivity index (χ0v) is 13.0. The topological polar surface area (TPSA) is 47.6 Å². The van der Waals surface area contributed by atoms with Gasteiger partial charge in [-0.05, 0) is 45.7 Å². The standard InChI is InChI=1S/C15H30N4O/c1-13(2)19-7-3-14(4-8-19)11-17-15(20)12-18-9-5-16-6-10-18/h13-14,16H,3-12H2,1-2H3,(H,17,20). The molecule has 0 aromatic heterocycles. The lowest BCUT2D eigenvalue weighted by Gasteiger charge is -2.34. The zero-order valence-electron chi connectivity index (χ0n) is 13.0. The van der Waals surface area contributed by atoms with Gasteiger partial charge in [0.25, 0.3) is 0 Å². The highest BCUT2D eigenvalue weighted by Crippen LogP contribution is 2.17. The summed E-state index contributed by atoms with van der Waals surface area (Å²) in [6, 6.07) is 0.651. The van der Waals surface area contributed by atoms with E-state index in [0.717, 1.165) is 32.7 Å². The molecular weight excluding hydrogens is 252 g/mol. The van der Waals surface area contributed by atoms with Crippen LogP contribution in [0.4, 0.5) is 0 Å². The van der Waals surface area contributed by atoms with Crippen molar-refractivity contribution in [2.45, 2.75) is 32.7 Å². The summed E-state index contributed by atoms with van der Waals surface area (Å²) in [7, 11) is 0. The van der Waals surface area contributed by atoms with Crippen molar-refractivity contribution >= 4 is 5.91 Å². The fraction of sp³-hybridized carbons (Fsp3) is 0.933. The van der Waals surface area contributed by atoms with Gasteiger partial charge in [0.1, 0.15) is 0 Å². The van der Waals surface area contributed by atoms with Crippen molar-refractivity contribution in [2.75, 3.05) is 52.4 Å². The molecule has 5 heteroatoms. The molecule has 2 aliphatic rings. The molecule has 2 heterocycles. The van der Waals surface area contributed by atoms with Crippen molar-refractivity contribution < 1.29 is 4.79 Å². The van der Waals surface area contributed by atoms with Gasteiger partial charge in [-0.1, -0.05) is 0 Å². The molecule has 2 N–H and O–H groups in total. The number of hydrogen-bond donors (Lipinski definition) is 2. The third-order valence-corrected chi connectivity index (χ3v) is 4.54. The molecule has 2 rings (SSSR count). The predicted molar refractivity (Wildman–Crippen MR) is 81.8 cm³/mol. The fourth-order valence-electron chi connectivity index (χ4n) is 3.06. The molecule has 2 aliphatic heterocycles. The van der Waals surface area contributed by atoms with Gasteiger partial charge in [0.2, 0.25) is 5.91 Å². The summed E-state index contributed by atoms with van der Waals surface area (Å²) in [6.07, 6.45) is 2.43. The first-order valence-electron chi connectivity index (χ1n) is 8.09. The Labute approximate surface area is 123 Å². The maximum atomic E-state index is 11.9. The molecule has 2 fully saturated rings. The number of carbonyl (C=O) groups is 1. The lowest BCUT2D eigenvalue weighted by atomic mass is 9.96. The highest BCUT2D eigenvalue weighted by Gasteiger charge is 2.21. The second-order valence-corrected chi connectivity index (χ2v) is 6.40. The Balaban J connectivity index is 1.59. The largest absolute Gasteiger partial charge is 0.355 e. The first-order chi connectivity index (χ1) is 9.65. The van der Waals surface area contributed by atoms with E-state index in [4.69, 9.17) is 0 Å². The number of piperidine rings is 1. The lowest BCUT2D eigenvalue weighted by molar-refractivity contribution is -0.122. The molecular formula is C15H30N4O. The van der Waals surface area contributed by atoms with Crippen molar-refractivity contribution in [3.05, 3.63) is 0 Å². The second-order valence-electron chi connectivity index (χ2n) is 6.40. The van der Waals surface area contributed by atoms with Gasteiger partial charge in [-0.2, -0.15) is 0 Å². The molecule has 0 radical (unpaired) electrons. The number of nitrogens with zero attached hydrogens (tertiary/aromatic N) is 2. The van der Waals surface area contributed by atoms with Crippen molar-refractivity contribution in [2.24, 2.45) is 5.92 Å². The second kappa shape index (κ2) is 7.96. The van der Waals surface area contributed by atoms with Crippen LogP contribution in [0.1, 0.15) is 26.7 Å². The van der Waals surface area contributed by atoms with Gasteiger partial charge in [-0.25, -0.2) is 0 Å². The van der Waals surface area contributed by atoms with Crippen LogP contribution in [0.3, 0.4) is 0 Å². The van der Waals surface area contributed by atoms with E-state index in [2.05, 4.69) is 34.3 Å². The number of rotatable bonds is 5. The van der Waals surface area contributed by atoms with E-state index in [0.29, 0.717) is 18.5 Å². The van der Waals surface area contributed by atoms with E-state index in [-0.39, 0.29) is 5.91 Å². The summed E-state index contributed by atoms with van der Waals surface area (Å²) in [6.45, 7) is 12.3. The van der Waals surface area contributed by atoms with Crippen molar-refractivity contribution in [3.8, 4) is 0 Å². The van der Waals surface area contributed by atoms with E-state index in [1.165, 1.54) is 25.9 Å². The van der Waals surface area contributed by atoms with Gasteiger partial charge in [-0.3, -0.25) is 9.69 Å². The third-order valence-electron chi connectivity index (χ3n) is 4.54. The summed E-state index contributed by atoms with van der Waals surface area (Å²) < 4.78 is 0. The minimum atomic E-state index is 0.193. The number of likely N-dealkylation sites (tertiary alicyclic amines) is 1. The monoisotopic (exact) mass is 282 g/mol. The van der Waals surface area contributed by atoms with Crippen molar-refractivity contribution in [1.82, 2.24) is 20.4 Å². The van der Waals surface area contributed by atoms with E-state index in [1.54, 1.807) is 0 Å². The summed E-state index contributed by atoms with van der Waals surface area (Å²) >= 11 is 0. The van der Waals surface area contributed by atoms with Crippen LogP contribution in [0.2, 0.25) is 0 Å². The van der Waals surface area contributed by atoms with Crippen LogP contribution in [0.15, 0.2) is 0 Å². The summed E-state index contributed by atoms with van der Waals surface area (Å²) in [5.74, 6) is 0.857. The van der Waals surface area contributed by atoms with E-state index in [9.17, 15) is 4.79 Å². The lowest BCUT2D eigenvalue weighted by Crippen LogP contribution is -2.48. The predicted octanol–water partition coefficient (Wildman–Crippen LogP) is 0.128. The quantitative estimate of drug-likeness (QED) is 0.752. The molecule has 0 atom stereocenters. The fourth-order valence-corrected chi connectivity index (χ4v) is 3.06. The molecule has 2 saturated heterocycles. The first kappa shape index (κ1) is 15.7. The van der Waals surface area contributed by atoms with E-state index in [1.807, 2.05) is 0 Å². The van der Waals surface area contributed by atoms with Gasteiger partial charge in [-0.15, -0.1) is 0 Å². The first-order valence-corrected chi connectivity index (χ1v) is 8.09. The Kier molecular flexibility index (Phi) is 6.26. The molecule has 0 spiro atoms. The third kappa shape index (κ3) is 5.04. The summed E-state index contributed by atoms with van der Waals surface area (Å²) in [5.41, 5.74) is 0. The Morgan fingerprint density at radius 2 is 1.85 bits per heavy atom. The van der Waals surface area contributed by atoms with Gasteiger partial charge < -0.3 is 15.5 Å². The number of piperazine rings is 1. The Morgan fingerprint density at radius 1 is 1.20 bits per heavy atom. The maximum Gasteiger partial charge on any atom is 0.234 e. The average Bonchev–Trinajstić information content (AvgIpc) is 2.46. The minimum Gasteiger partial charge on any atom is -0.355 e. The van der Waals surface area contributed by atoms with Crippen molar-refractivity contribution in [3.63, 3.8) is 0 Å². The van der Waals surface area contributed by atoms with Crippen LogP contribution in [0.5, 0.6) is 0 Å². The van der Waals surface area contributed by atoms with Gasteiger partial charge in [0.05, 0.1) is 6.54 Å². The number of nitrogens with one attached hydrogen (secondary N) is 2. The SMILES string of the molecule is CC(C)N1CCC(CNC(=O)CN2CCNCC2)CC1. The maximum absolute atomic E-state index is 11.9. The van der Waals surface area contributed by atoms with Crippen LogP contribution in [-0.2, 0) is 4.79 Å². The molecule has 116 valence electrons. The molecule has 0 saturated carbocycles. The Morgan fingerprint density at radius 3 is 2.45 bits per heavy atom. The average molecular weight is 282 g/mol. The smallest absolute Gasteiger partial charge is 0.234 e. The molecule has 0 unspecified atom stereocenters. The number of amides is 1. The van der Waals surface area contributed by atoms with E-state index < -0.39 is 0 Å². The molecule has 0 aromatic carbocycles. The molecule has 1 amide bonds. The van der Waals surface area contributed by atoms with E-state index >= 15 is 0 Å². The molecule has 0 bridgehead atoms. The number of hydrogen-bond acceptors (Lipinski definition) is 4. The molecule has 0 aliphatic carbocycles. The van der Waals surface area contributed by atoms with Gasteiger partial charge in [0.15, 0.2) is 0 Å². The highest BCUT2D eigenvalue weighted by molar-refractivity contribution is 5.78. The van der Waals surface area contributed by atoms with Crippen LogP contribution in [0.25, 0.3) is 0 Å². The van der Waals surface area contributed by atoms with Crippen LogP contribution >= 0.6 is 0 Å². The van der Waals surface area contributed by atoms with Crippen LogP contribution in [0, 0.1) is 5.92 Å². The van der Waals surface area contributed by atoms with Crippen LogP contribution in [-0.4, -0.2) is 74.1 Å². The summed E-state index contributed by atoms with van der Waals surface area (Å²) in [5, 5.41) is 6.43. The van der Waals surface area contributed by atoms with Crippen molar-refractivity contribution in [1.29, 1.82) is 0 Å². The molecule has 20 heavy (non-hydrogen) atoms. The normalized spacial score (nSPS) is 23.1. The highest BCUT2D eigenvalue weighted by atomic mass is 16.2. The minimum absolute atomic E-state index is 0.193. The summed E-state index contributed by atoms with van der Waals surface area (Å²) in [4.78, 5) is 16.7. The Hall–Kier alpha value is -0.650. The van der Waals surface area contributed by atoms with Gasteiger partial charge in [0, 0.05) is 38.8 Å². The molecule has 5 nitrogen and oxygen atoms in total. The van der Waals surface area contributed by atoms with Crippen LogP contribution < -0.4 is 10.6 Å². The Bertz CT molecular complexity index is 294. The zero-order chi connectivity index (χ0) is 14.4. The number of carbonyl (C=O) groups excluding carboxylic acids is 1. The van der Waals surface area contributed by atoms with Gasteiger partial charge >= 0.3 is 0 Å². The molecule has 0 aromatic rings.